The lowest BCUT2D eigenvalue weighted by molar-refractivity contribution is 0.0382. The van der Waals surface area contributed by atoms with Gasteiger partial charge in [-0.2, -0.15) is 11.8 Å². The number of carbonyl (C=O) groups is 2. The van der Waals surface area contributed by atoms with E-state index in [0.29, 0.717) is 22.1 Å². The smallest absolute Gasteiger partial charge is 0.350 e. The first-order chi connectivity index (χ1) is 11.8. The number of hydrogen-bond acceptors (Lipinski definition) is 8. The van der Waals surface area contributed by atoms with E-state index < -0.39 is 17.4 Å². The van der Waals surface area contributed by atoms with Crippen molar-refractivity contribution >= 4 is 40.1 Å². The lowest BCUT2D eigenvalue weighted by Crippen LogP contribution is -2.20. The molecule has 0 saturated heterocycles. The van der Waals surface area contributed by atoms with E-state index in [1.54, 1.807) is 20.8 Å². The van der Waals surface area contributed by atoms with Crippen LogP contribution < -0.4 is 10.9 Å². The number of esters is 1. The Balaban J connectivity index is 2.19. The highest BCUT2D eigenvalue weighted by atomic mass is 32.2. The van der Waals surface area contributed by atoms with Crippen LogP contribution >= 0.6 is 23.1 Å². The molecule has 1 amide bonds. The monoisotopic (exact) mass is 382 g/mol. The molecule has 10 heteroatoms. The maximum Gasteiger partial charge on any atom is 0.350 e. The van der Waals surface area contributed by atoms with Gasteiger partial charge >= 0.3 is 5.97 Å². The minimum absolute atomic E-state index is 0.00744. The molecule has 8 nitrogen and oxygen atoms in total. The van der Waals surface area contributed by atoms with E-state index in [2.05, 4.69) is 20.3 Å². The van der Waals surface area contributed by atoms with Crippen LogP contribution in [0.4, 0.5) is 5.13 Å². The summed E-state index contributed by atoms with van der Waals surface area (Å²) < 4.78 is 5.14. The third-order valence-corrected chi connectivity index (χ3v) is 4.46. The maximum atomic E-state index is 12.3. The van der Waals surface area contributed by atoms with E-state index in [9.17, 15) is 14.4 Å². The Kier molecular flexibility index (Phi) is 6.32. The number of rotatable bonds is 6. The highest BCUT2D eigenvalue weighted by Crippen LogP contribution is 2.24. The molecule has 2 heterocycles. The second-order valence-corrected chi connectivity index (χ2v) is 7.22. The van der Waals surface area contributed by atoms with Gasteiger partial charge in [0.1, 0.15) is 16.4 Å². The number of thioether (sulfide) groups is 1. The number of carbonyl (C=O) groups excluding carboxylic acids is 2. The predicted molar refractivity (Wildman–Crippen MR) is 97.4 cm³/mol. The van der Waals surface area contributed by atoms with Crippen molar-refractivity contribution < 1.29 is 14.3 Å². The molecule has 0 saturated carbocycles. The Hall–Kier alpha value is -2.20. The number of ether oxygens (including phenoxy) is 1. The number of H-pyrrole nitrogens is 1. The average Bonchev–Trinajstić information content (AvgIpc) is 2.87. The summed E-state index contributed by atoms with van der Waals surface area (Å²) in [5.41, 5.74) is 0.0561. The van der Waals surface area contributed by atoms with Gasteiger partial charge in [0.05, 0.1) is 17.6 Å². The number of aromatic amines is 1. The van der Waals surface area contributed by atoms with Gasteiger partial charge in [-0.25, -0.2) is 14.8 Å². The fourth-order valence-corrected chi connectivity index (χ4v) is 3.15. The molecule has 0 aliphatic rings. The summed E-state index contributed by atoms with van der Waals surface area (Å²) in [6.45, 7) is 5.16. The van der Waals surface area contributed by atoms with Crippen molar-refractivity contribution in [1.29, 1.82) is 0 Å². The first kappa shape index (κ1) is 19.1. The van der Waals surface area contributed by atoms with Crippen LogP contribution in [0.15, 0.2) is 10.9 Å². The zero-order chi connectivity index (χ0) is 18.6. The molecule has 0 bridgehead atoms. The summed E-state index contributed by atoms with van der Waals surface area (Å²) in [4.78, 5) is 47.1. The maximum absolute atomic E-state index is 12.3. The SMILES string of the molecule is CSCc1nc(C(=O)Nc2nc(C)c(C(=O)OC(C)C)s2)cc(=O)[nH]1. The molecule has 0 radical (unpaired) electrons. The second-order valence-electron chi connectivity index (χ2n) is 5.35. The summed E-state index contributed by atoms with van der Waals surface area (Å²) >= 11 is 2.49. The largest absolute Gasteiger partial charge is 0.459 e. The van der Waals surface area contributed by atoms with Gasteiger partial charge in [-0.15, -0.1) is 0 Å². The molecular weight excluding hydrogens is 364 g/mol. The zero-order valence-electron chi connectivity index (χ0n) is 14.2. The number of anilines is 1. The number of amides is 1. The average molecular weight is 382 g/mol. The molecule has 0 atom stereocenters. The standard InChI is InChI=1S/C15H18N4O4S2/c1-7(2)23-14(22)12-8(3)16-15(25-12)19-13(21)9-5-11(20)18-10(17-9)6-24-4/h5,7H,6H2,1-4H3,(H,16,19,21)(H,17,18,20). The second kappa shape index (κ2) is 8.26. The first-order valence-corrected chi connectivity index (χ1v) is 9.60. The van der Waals surface area contributed by atoms with Gasteiger partial charge in [-0.05, 0) is 27.0 Å². The van der Waals surface area contributed by atoms with Crippen LogP contribution in [-0.2, 0) is 10.5 Å². The summed E-state index contributed by atoms with van der Waals surface area (Å²) in [6.07, 6.45) is 1.62. The summed E-state index contributed by atoms with van der Waals surface area (Å²) in [5, 5.41) is 2.81. The number of aryl methyl sites for hydroxylation is 1. The molecule has 2 aromatic heterocycles. The topological polar surface area (TPSA) is 114 Å². The number of aromatic nitrogens is 3. The normalized spacial score (nSPS) is 10.8. The third-order valence-electron chi connectivity index (χ3n) is 2.85. The molecule has 0 aliphatic heterocycles. The Labute approximate surface area is 152 Å². The molecule has 0 fully saturated rings. The van der Waals surface area contributed by atoms with Gasteiger partial charge in [-0.3, -0.25) is 14.9 Å². The third kappa shape index (κ3) is 5.13. The molecule has 2 N–H and O–H groups in total. The lowest BCUT2D eigenvalue weighted by Gasteiger charge is -2.05. The first-order valence-electron chi connectivity index (χ1n) is 7.39. The van der Waals surface area contributed by atoms with E-state index in [0.717, 1.165) is 17.4 Å². The van der Waals surface area contributed by atoms with Crippen molar-refractivity contribution in [3.05, 3.63) is 38.5 Å². The Morgan fingerprint density at radius 1 is 1.40 bits per heavy atom. The van der Waals surface area contributed by atoms with Gasteiger partial charge in [0.15, 0.2) is 5.13 Å². The number of hydrogen-bond donors (Lipinski definition) is 2. The summed E-state index contributed by atoms with van der Waals surface area (Å²) in [5.74, 6) is -0.146. The fourth-order valence-electron chi connectivity index (χ4n) is 1.90. The Morgan fingerprint density at radius 2 is 2.12 bits per heavy atom. The van der Waals surface area contributed by atoms with Gasteiger partial charge in [0.25, 0.3) is 11.5 Å². The molecule has 2 rings (SSSR count). The predicted octanol–water partition coefficient (Wildman–Crippen LogP) is 2.22. The van der Waals surface area contributed by atoms with Crippen molar-refractivity contribution in [3.8, 4) is 0 Å². The minimum Gasteiger partial charge on any atom is -0.459 e. The van der Waals surface area contributed by atoms with Crippen LogP contribution in [0.5, 0.6) is 0 Å². The van der Waals surface area contributed by atoms with Crippen LogP contribution in [0, 0.1) is 6.92 Å². The fraction of sp³-hybridized carbons (Fsp3) is 0.400. The molecule has 0 aromatic carbocycles. The van der Waals surface area contributed by atoms with E-state index in [1.165, 1.54) is 11.8 Å². The van der Waals surface area contributed by atoms with Gasteiger partial charge in [0.2, 0.25) is 0 Å². The zero-order valence-corrected chi connectivity index (χ0v) is 15.8. The number of nitrogens with one attached hydrogen (secondary N) is 2. The Morgan fingerprint density at radius 3 is 2.76 bits per heavy atom. The molecular formula is C15H18N4O4S2. The van der Waals surface area contributed by atoms with Crippen molar-refractivity contribution in [1.82, 2.24) is 15.0 Å². The molecule has 134 valence electrons. The van der Waals surface area contributed by atoms with E-state index in [1.807, 2.05) is 6.26 Å². The van der Waals surface area contributed by atoms with Gasteiger partial charge in [0, 0.05) is 6.07 Å². The highest BCUT2D eigenvalue weighted by molar-refractivity contribution is 7.97. The van der Waals surface area contributed by atoms with E-state index in [4.69, 9.17) is 4.74 Å². The van der Waals surface area contributed by atoms with Crippen LogP contribution in [0.1, 0.15) is 45.5 Å². The van der Waals surface area contributed by atoms with Crippen molar-refractivity contribution in [2.75, 3.05) is 11.6 Å². The Bertz CT molecular complexity index is 844. The van der Waals surface area contributed by atoms with Crippen molar-refractivity contribution in [2.24, 2.45) is 0 Å². The minimum atomic E-state index is -0.564. The van der Waals surface area contributed by atoms with Crippen molar-refractivity contribution in [3.63, 3.8) is 0 Å². The van der Waals surface area contributed by atoms with Crippen LogP contribution in [0.2, 0.25) is 0 Å². The number of thiazole rings is 1. The molecule has 0 aliphatic carbocycles. The highest BCUT2D eigenvalue weighted by Gasteiger charge is 2.20. The van der Waals surface area contributed by atoms with Crippen LogP contribution in [-0.4, -0.2) is 39.2 Å². The molecule has 2 aromatic rings. The lowest BCUT2D eigenvalue weighted by atomic mass is 10.3. The van der Waals surface area contributed by atoms with Gasteiger partial charge < -0.3 is 9.72 Å². The molecule has 25 heavy (non-hydrogen) atoms. The quantitative estimate of drug-likeness (QED) is 0.736. The van der Waals surface area contributed by atoms with Gasteiger partial charge in [-0.1, -0.05) is 11.3 Å². The van der Waals surface area contributed by atoms with Crippen LogP contribution in [0.25, 0.3) is 0 Å². The number of nitrogens with zero attached hydrogens (tertiary/aromatic N) is 2. The summed E-state index contributed by atoms with van der Waals surface area (Å²) in [7, 11) is 0. The van der Waals surface area contributed by atoms with E-state index >= 15 is 0 Å². The van der Waals surface area contributed by atoms with E-state index in [-0.39, 0.29) is 16.9 Å². The molecule has 0 spiro atoms. The molecule has 0 unspecified atom stereocenters. The van der Waals surface area contributed by atoms with Crippen LogP contribution in [0.3, 0.4) is 0 Å². The van der Waals surface area contributed by atoms with Crippen molar-refractivity contribution in [2.45, 2.75) is 32.6 Å². The summed E-state index contributed by atoms with van der Waals surface area (Å²) in [6, 6.07) is 1.12.